The first-order valence-electron chi connectivity index (χ1n) is 5.81. The van der Waals surface area contributed by atoms with Gasteiger partial charge in [-0.15, -0.1) is 0 Å². The van der Waals surface area contributed by atoms with Crippen LogP contribution in [0.15, 0.2) is 24.3 Å². The van der Waals surface area contributed by atoms with E-state index in [4.69, 9.17) is 4.74 Å². The summed E-state index contributed by atoms with van der Waals surface area (Å²) in [7, 11) is 0. The third-order valence-corrected chi connectivity index (χ3v) is 3.62. The Kier molecular flexibility index (Phi) is 2.47. The fourth-order valence-electron chi connectivity index (χ4n) is 2.62. The zero-order valence-electron chi connectivity index (χ0n) is 8.91. The first-order chi connectivity index (χ1) is 7.45. The summed E-state index contributed by atoms with van der Waals surface area (Å²) in [4.78, 5) is 0. The minimum atomic E-state index is 0.664. The number of ether oxygens (including phenoxy) is 1. The van der Waals surface area contributed by atoms with Crippen molar-refractivity contribution in [1.82, 2.24) is 5.32 Å². The maximum atomic E-state index is 5.32. The highest BCUT2D eigenvalue weighted by molar-refractivity contribution is 5.33. The predicted molar refractivity (Wildman–Crippen MR) is 60.1 cm³/mol. The van der Waals surface area contributed by atoms with Crippen molar-refractivity contribution in [2.75, 3.05) is 26.3 Å². The molecule has 0 radical (unpaired) electrons. The molecule has 0 amide bonds. The van der Waals surface area contributed by atoms with E-state index in [1.54, 1.807) is 5.56 Å². The van der Waals surface area contributed by atoms with Gasteiger partial charge in [0, 0.05) is 18.4 Å². The summed E-state index contributed by atoms with van der Waals surface area (Å²) in [5.74, 6) is 1.40. The van der Waals surface area contributed by atoms with Crippen LogP contribution in [-0.2, 0) is 11.2 Å². The average molecular weight is 203 g/mol. The van der Waals surface area contributed by atoms with E-state index in [0.717, 1.165) is 32.2 Å². The van der Waals surface area contributed by atoms with Gasteiger partial charge >= 0.3 is 0 Å². The number of fused-ring (bicyclic) bond motifs is 1. The number of hydrogen-bond donors (Lipinski definition) is 1. The molecule has 0 saturated carbocycles. The Morgan fingerprint density at radius 1 is 1.20 bits per heavy atom. The van der Waals surface area contributed by atoms with Crippen molar-refractivity contribution >= 4 is 0 Å². The lowest BCUT2D eigenvalue weighted by Crippen LogP contribution is -2.37. The smallest absolute Gasteiger partial charge is 0.0522 e. The van der Waals surface area contributed by atoms with Gasteiger partial charge in [0.05, 0.1) is 13.2 Å². The second-order valence-electron chi connectivity index (χ2n) is 4.56. The number of benzene rings is 1. The summed E-state index contributed by atoms with van der Waals surface area (Å²) >= 11 is 0. The van der Waals surface area contributed by atoms with Crippen LogP contribution in [0.25, 0.3) is 0 Å². The Morgan fingerprint density at radius 3 is 2.87 bits per heavy atom. The van der Waals surface area contributed by atoms with Crippen LogP contribution in [0, 0.1) is 5.92 Å². The van der Waals surface area contributed by atoms with Gasteiger partial charge in [-0.25, -0.2) is 0 Å². The number of rotatable bonds is 1. The van der Waals surface area contributed by atoms with Gasteiger partial charge in [-0.05, 0) is 24.1 Å². The molecule has 2 heteroatoms. The Bertz CT molecular complexity index is 346. The summed E-state index contributed by atoms with van der Waals surface area (Å²) in [5.41, 5.74) is 3.08. The molecule has 3 rings (SSSR count). The van der Waals surface area contributed by atoms with Crippen molar-refractivity contribution in [3.63, 3.8) is 0 Å². The van der Waals surface area contributed by atoms with Crippen molar-refractivity contribution in [1.29, 1.82) is 0 Å². The standard InChI is InChI=1S/C13H17NO/c1-2-4-12-10(3-1)5-6-14-7-13(12)11-8-15-9-11/h1-4,11,13-14H,5-9H2. The van der Waals surface area contributed by atoms with Gasteiger partial charge in [0.25, 0.3) is 0 Å². The van der Waals surface area contributed by atoms with Gasteiger partial charge in [0.2, 0.25) is 0 Å². The van der Waals surface area contributed by atoms with Gasteiger partial charge in [0.15, 0.2) is 0 Å². The Balaban J connectivity index is 1.94. The van der Waals surface area contributed by atoms with Crippen LogP contribution in [0.2, 0.25) is 0 Å². The van der Waals surface area contributed by atoms with Crippen LogP contribution in [0.3, 0.4) is 0 Å². The van der Waals surface area contributed by atoms with E-state index < -0.39 is 0 Å². The van der Waals surface area contributed by atoms with Gasteiger partial charge in [-0.1, -0.05) is 24.3 Å². The molecule has 0 aromatic heterocycles. The van der Waals surface area contributed by atoms with Crippen LogP contribution < -0.4 is 5.32 Å². The van der Waals surface area contributed by atoms with E-state index in [1.807, 2.05) is 0 Å². The Labute approximate surface area is 90.6 Å². The van der Waals surface area contributed by atoms with Gasteiger partial charge in [-0.3, -0.25) is 0 Å². The molecule has 1 saturated heterocycles. The fourth-order valence-corrected chi connectivity index (χ4v) is 2.62. The lowest BCUT2D eigenvalue weighted by molar-refractivity contribution is -0.0445. The molecule has 2 heterocycles. The molecule has 2 aliphatic rings. The molecule has 80 valence electrons. The fraction of sp³-hybridized carbons (Fsp3) is 0.538. The van der Waals surface area contributed by atoms with E-state index in [2.05, 4.69) is 29.6 Å². The van der Waals surface area contributed by atoms with E-state index in [9.17, 15) is 0 Å². The highest BCUT2D eigenvalue weighted by Crippen LogP contribution is 2.33. The first-order valence-corrected chi connectivity index (χ1v) is 5.81. The topological polar surface area (TPSA) is 21.3 Å². The van der Waals surface area contributed by atoms with E-state index in [-0.39, 0.29) is 0 Å². The lowest BCUT2D eigenvalue weighted by Gasteiger charge is -2.34. The molecule has 1 aromatic carbocycles. The number of hydrogen-bond acceptors (Lipinski definition) is 2. The second-order valence-corrected chi connectivity index (χ2v) is 4.56. The summed E-state index contributed by atoms with van der Waals surface area (Å²) in [6.45, 7) is 4.12. The molecule has 15 heavy (non-hydrogen) atoms. The molecule has 2 nitrogen and oxygen atoms in total. The van der Waals surface area contributed by atoms with Crippen molar-refractivity contribution < 1.29 is 4.74 Å². The summed E-state index contributed by atoms with van der Waals surface area (Å²) in [5, 5.41) is 3.54. The molecule has 1 aromatic rings. The first kappa shape index (κ1) is 9.37. The average Bonchev–Trinajstić information content (AvgIpc) is 2.39. The Morgan fingerprint density at radius 2 is 2.07 bits per heavy atom. The highest BCUT2D eigenvalue weighted by atomic mass is 16.5. The quantitative estimate of drug-likeness (QED) is 0.748. The van der Waals surface area contributed by atoms with Crippen molar-refractivity contribution in [3.05, 3.63) is 35.4 Å². The summed E-state index contributed by atoms with van der Waals surface area (Å²) < 4.78 is 5.32. The monoisotopic (exact) mass is 203 g/mol. The molecular formula is C13H17NO. The molecule has 0 aliphatic carbocycles. The van der Waals surface area contributed by atoms with Crippen molar-refractivity contribution in [3.8, 4) is 0 Å². The predicted octanol–water partition coefficient (Wildman–Crippen LogP) is 1.56. The maximum Gasteiger partial charge on any atom is 0.0522 e. The lowest BCUT2D eigenvalue weighted by atomic mass is 9.83. The minimum Gasteiger partial charge on any atom is -0.381 e. The van der Waals surface area contributed by atoms with E-state index in [0.29, 0.717) is 5.92 Å². The minimum absolute atomic E-state index is 0.664. The molecule has 1 atom stereocenters. The SMILES string of the molecule is c1ccc2c(c1)CCNCC2C1COC1. The Hall–Kier alpha value is -0.860. The normalized spacial score (nSPS) is 26.5. The third kappa shape index (κ3) is 1.68. The molecular weight excluding hydrogens is 186 g/mol. The van der Waals surface area contributed by atoms with Gasteiger partial charge < -0.3 is 10.1 Å². The summed E-state index contributed by atoms with van der Waals surface area (Å²) in [6, 6.07) is 8.88. The zero-order valence-corrected chi connectivity index (χ0v) is 8.91. The van der Waals surface area contributed by atoms with Crippen LogP contribution in [0.4, 0.5) is 0 Å². The van der Waals surface area contributed by atoms with Crippen LogP contribution in [0.1, 0.15) is 17.0 Å². The van der Waals surface area contributed by atoms with Crippen molar-refractivity contribution in [2.24, 2.45) is 5.92 Å². The van der Waals surface area contributed by atoms with Crippen LogP contribution in [-0.4, -0.2) is 26.3 Å². The van der Waals surface area contributed by atoms with Gasteiger partial charge in [-0.2, -0.15) is 0 Å². The number of nitrogens with one attached hydrogen (secondary N) is 1. The molecule has 2 aliphatic heterocycles. The highest BCUT2D eigenvalue weighted by Gasteiger charge is 2.31. The molecule has 0 bridgehead atoms. The summed E-state index contributed by atoms with van der Waals surface area (Å²) in [6.07, 6.45) is 1.17. The van der Waals surface area contributed by atoms with Crippen LogP contribution in [0.5, 0.6) is 0 Å². The largest absolute Gasteiger partial charge is 0.381 e. The molecule has 0 spiro atoms. The maximum absolute atomic E-state index is 5.32. The van der Waals surface area contributed by atoms with E-state index >= 15 is 0 Å². The molecule has 1 N–H and O–H groups in total. The second kappa shape index (κ2) is 3.95. The van der Waals surface area contributed by atoms with Crippen LogP contribution >= 0.6 is 0 Å². The van der Waals surface area contributed by atoms with E-state index in [1.165, 1.54) is 12.0 Å². The van der Waals surface area contributed by atoms with Crippen molar-refractivity contribution in [2.45, 2.75) is 12.3 Å². The molecule has 1 fully saturated rings. The zero-order chi connectivity index (χ0) is 10.1. The van der Waals surface area contributed by atoms with Gasteiger partial charge in [0.1, 0.15) is 0 Å². The molecule has 1 unspecified atom stereocenters. The third-order valence-electron chi connectivity index (χ3n) is 3.62.